The van der Waals surface area contributed by atoms with Gasteiger partial charge in [-0.3, -0.25) is 0 Å². The van der Waals surface area contributed by atoms with Crippen molar-refractivity contribution in [2.24, 2.45) is 0 Å². The second-order valence-electron chi connectivity index (χ2n) is 4.70. The molecule has 0 radical (unpaired) electrons. The number of nitrogens with zero attached hydrogens (tertiary/aromatic N) is 1. The molecule has 2 aromatic rings. The Hall–Kier alpha value is -0.770. The largest absolute Gasteiger partial charge is 0.437 e. The van der Waals surface area contributed by atoms with Crippen molar-refractivity contribution < 1.29 is 4.74 Å². The molecule has 0 amide bonds. The quantitative estimate of drug-likeness (QED) is 0.598. The molecule has 0 spiro atoms. The van der Waals surface area contributed by atoms with Crippen LogP contribution in [0.25, 0.3) is 0 Å². The molecule has 0 aliphatic rings. The number of aromatic nitrogens is 1. The van der Waals surface area contributed by atoms with Crippen LogP contribution in [-0.2, 0) is 5.88 Å². The minimum Gasteiger partial charge on any atom is -0.437 e. The second kappa shape index (κ2) is 6.79. The number of halogens is 3. The van der Waals surface area contributed by atoms with E-state index in [1.807, 2.05) is 24.3 Å². The minimum absolute atomic E-state index is 0.304. The fourth-order valence-corrected chi connectivity index (χ4v) is 2.33. The Morgan fingerprint density at radius 3 is 2.65 bits per heavy atom. The van der Waals surface area contributed by atoms with E-state index >= 15 is 0 Å². The first-order valence-corrected chi connectivity index (χ1v) is 7.90. The van der Waals surface area contributed by atoms with E-state index in [2.05, 4.69) is 34.8 Å². The van der Waals surface area contributed by atoms with E-state index in [1.54, 1.807) is 6.07 Å². The van der Waals surface area contributed by atoms with Crippen LogP contribution in [0, 0.1) is 0 Å². The van der Waals surface area contributed by atoms with Crippen molar-refractivity contribution in [3.05, 3.63) is 51.1 Å². The van der Waals surface area contributed by atoms with Crippen molar-refractivity contribution >= 4 is 39.1 Å². The normalized spacial score (nSPS) is 10.9. The molecule has 0 bridgehead atoms. The highest BCUT2D eigenvalue weighted by atomic mass is 79.9. The predicted molar refractivity (Wildman–Crippen MR) is 87.1 cm³/mol. The zero-order valence-electron chi connectivity index (χ0n) is 11.2. The van der Waals surface area contributed by atoms with Gasteiger partial charge in [-0.25, -0.2) is 4.98 Å². The number of ether oxygens (including phenoxy) is 1. The average molecular weight is 375 g/mol. The number of alkyl halides is 1. The van der Waals surface area contributed by atoms with Crippen molar-refractivity contribution in [2.75, 3.05) is 0 Å². The molecule has 1 aromatic heterocycles. The first-order valence-electron chi connectivity index (χ1n) is 6.19. The Morgan fingerprint density at radius 1 is 1.25 bits per heavy atom. The van der Waals surface area contributed by atoms with E-state index in [0.29, 0.717) is 28.5 Å². The lowest BCUT2D eigenvalue weighted by Gasteiger charge is -2.12. The molecule has 0 saturated heterocycles. The van der Waals surface area contributed by atoms with Gasteiger partial charge in [0.25, 0.3) is 0 Å². The number of hydrogen-bond donors (Lipinski definition) is 0. The van der Waals surface area contributed by atoms with Gasteiger partial charge in [-0.1, -0.05) is 41.4 Å². The number of rotatable bonds is 4. The molecule has 1 aromatic carbocycles. The van der Waals surface area contributed by atoms with Crippen LogP contribution in [0.2, 0.25) is 5.02 Å². The zero-order chi connectivity index (χ0) is 14.7. The lowest BCUT2D eigenvalue weighted by atomic mass is 10.1. The van der Waals surface area contributed by atoms with Crippen LogP contribution in [0.3, 0.4) is 0 Å². The predicted octanol–water partition coefficient (Wildman–Crippen LogP) is 6.15. The van der Waals surface area contributed by atoms with Gasteiger partial charge in [0.15, 0.2) is 0 Å². The van der Waals surface area contributed by atoms with Gasteiger partial charge in [-0.15, -0.1) is 11.6 Å². The molecule has 0 saturated carbocycles. The summed E-state index contributed by atoms with van der Waals surface area (Å²) < 4.78 is 6.69. The number of benzene rings is 1. The highest BCUT2D eigenvalue weighted by molar-refractivity contribution is 9.10. The molecule has 0 atom stereocenters. The molecule has 0 aliphatic carbocycles. The van der Waals surface area contributed by atoms with Crippen molar-refractivity contribution in [1.82, 2.24) is 4.98 Å². The van der Waals surface area contributed by atoms with Crippen LogP contribution in [-0.4, -0.2) is 4.98 Å². The maximum absolute atomic E-state index is 6.12. The molecule has 20 heavy (non-hydrogen) atoms. The Bertz CT molecular complexity index is 617. The van der Waals surface area contributed by atoms with E-state index in [9.17, 15) is 0 Å². The Balaban J connectivity index is 2.37. The summed E-state index contributed by atoms with van der Waals surface area (Å²) in [4.78, 5) is 4.49. The highest BCUT2D eigenvalue weighted by Gasteiger charge is 2.10. The molecule has 2 nitrogen and oxygen atoms in total. The van der Waals surface area contributed by atoms with Crippen LogP contribution in [0.15, 0.2) is 34.8 Å². The molecular weight excluding hydrogens is 361 g/mol. The van der Waals surface area contributed by atoms with Crippen LogP contribution in [0.5, 0.6) is 11.6 Å². The van der Waals surface area contributed by atoms with Gasteiger partial charge < -0.3 is 4.74 Å². The monoisotopic (exact) mass is 373 g/mol. The molecule has 0 aliphatic heterocycles. The number of pyridine rings is 1. The lowest BCUT2D eigenvalue weighted by Crippen LogP contribution is -1.98. The number of hydrogen-bond acceptors (Lipinski definition) is 2. The summed E-state index contributed by atoms with van der Waals surface area (Å²) >= 11 is 15.4. The van der Waals surface area contributed by atoms with Gasteiger partial charge in [-0.05, 0) is 35.7 Å². The smallest absolute Gasteiger partial charge is 0.219 e. The maximum atomic E-state index is 6.12. The molecule has 0 N–H and O–H groups in total. The van der Waals surface area contributed by atoms with E-state index in [4.69, 9.17) is 27.9 Å². The lowest BCUT2D eigenvalue weighted by molar-refractivity contribution is 0.459. The molecule has 0 fully saturated rings. The third kappa shape index (κ3) is 3.87. The SMILES string of the molecule is CC(C)c1cc(CCl)cc(Oc2cc(Br)ccc2Cl)n1. The van der Waals surface area contributed by atoms with Crippen molar-refractivity contribution in [3.63, 3.8) is 0 Å². The summed E-state index contributed by atoms with van der Waals surface area (Å²) in [5.74, 6) is 1.80. The Morgan fingerprint density at radius 2 is 2.00 bits per heavy atom. The van der Waals surface area contributed by atoms with Crippen LogP contribution in [0.4, 0.5) is 0 Å². The van der Waals surface area contributed by atoms with Gasteiger partial charge in [0, 0.05) is 22.1 Å². The summed E-state index contributed by atoms with van der Waals surface area (Å²) in [6, 6.07) is 9.27. The van der Waals surface area contributed by atoms with Crippen molar-refractivity contribution in [1.29, 1.82) is 0 Å². The van der Waals surface area contributed by atoms with E-state index in [0.717, 1.165) is 15.7 Å². The summed E-state index contributed by atoms with van der Waals surface area (Å²) in [6.45, 7) is 4.16. The minimum atomic E-state index is 0.304. The first-order chi connectivity index (χ1) is 9.49. The fourth-order valence-electron chi connectivity index (χ4n) is 1.68. The Labute approximate surface area is 137 Å². The fraction of sp³-hybridized carbons (Fsp3) is 0.267. The van der Waals surface area contributed by atoms with E-state index < -0.39 is 0 Å². The molecule has 2 rings (SSSR count). The molecule has 5 heteroatoms. The summed E-state index contributed by atoms with van der Waals surface area (Å²) in [5.41, 5.74) is 1.93. The zero-order valence-corrected chi connectivity index (χ0v) is 14.3. The standard InChI is InChI=1S/C15H14BrCl2NO/c1-9(2)13-5-10(8-17)6-15(19-13)20-14-7-11(16)3-4-12(14)18/h3-7,9H,8H2,1-2H3. The van der Waals surface area contributed by atoms with Gasteiger partial charge >= 0.3 is 0 Å². The molecular formula is C15H14BrCl2NO. The third-order valence-electron chi connectivity index (χ3n) is 2.74. The highest BCUT2D eigenvalue weighted by Crippen LogP contribution is 2.32. The van der Waals surface area contributed by atoms with Gasteiger partial charge in [0.2, 0.25) is 5.88 Å². The van der Waals surface area contributed by atoms with Crippen molar-refractivity contribution in [3.8, 4) is 11.6 Å². The van der Waals surface area contributed by atoms with Crippen LogP contribution in [0.1, 0.15) is 31.0 Å². The topological polar surface area (TPSA) is 22.1 Å². The maximum Gasteiger partial charge on any atom is 0.219 e. The summed E-state index contributed by atoms with van der Waals surface area (Å²) in [5, 5.41) is 0.539. The first kappa shape index (κ1) is 15.6. The molecule has 1 heterocycles. The van der Waals surface area contributed by atoms with Crippen LogP contribution >= 0.6 is 39.1 Å². The molecule has 106 valence electrons. The Kier molecular flexibility index (Phi) is 5.30. The van der Waals surface area contributed by atoms with Gasteiger partial charge in [-0.2, -0.15) is 0 Å². The second-order valence-corrected chi connectivity index (χ2v) is 6.29. The van der Waals surface area contributed by atoms with E-state index in [1.165, 1.54) is 0 Å². The third-order valence-corrected chi connectivity index (χ3v) is 3.85. The van der Waals surface area contributed by atoms with Crippen molar-refractivity contribution in [2.45, 2.75) is 25.6 Å². The van der Waals surface area contributed by atoms with Crippen LogP contribution < -0.4 is 4.74 Å². The molecule has 0 unspecified atom stereocenters. The van der Waals surface area contributed by atoms with Gasteiger partial charge in [0.1, 0.15) is 5.75 Å². The summed E-state index contributed by atoms with van der Waals surface area (Å²) in [7, 11) is 0. The van der Waals surface area contributed by atoms with E-state index in [-0.39, 0.29) is 0 Å². The average Bonchev–Trinajstić information content (AvgIpc) is 2.42. The van der Waals surface area contributed by atoms with Gasteiger partial charge in [0.05, 0.1) is 5.02 Å². The summed E-state index contributed by atoms with van der Waals surface area (Å²) in [6.07, 6.45) is 0.